The molecular formula is C29H44O9. The van der Waals surface area contributed by atoms with Crippen molar-refractivity contribution in [2.75, 3.05) is 6.61 Å². The van der Waals surface area contributed by atoms with Gasteiger partial charge in [0.05, 0.1) is 23.9 Å². The van der Waals surface area contributed by atoms with E-state index in [9.17, 15) is 30.3 Å². The minimum Gasteiger partial charge on any atom is -0.458 e. The zero-order valence-corrected chi connectivity index (χ0v) is 22.7. The predicted octanol–water partition coefficient (Wildman–Crippen LogP) is 1.43. The largest absolute Gasteiger partial charge is 0.458 e. The van der Waals surface area contributed by atoms with Crippen LogP contribution in [-0.2, 0) is 19.0 Å². The lowest BCUT2D eigenvalue weighted by Gasteiger charge is -2.65. The zero-order valence-electron chi connectivity index (χ0n) is 22.7. The molecule has 38 heavy (non-hydrogen) atoms. The van der Waals surface area contributed by atoms with Crippen molar-refractivity contribution >= 4 is 5.97 Å². The van der Waals surface area contributed by atoms with Crippen molar-refractivity contribution in [3.63, 3.8) is 0 Å². The summed E-state index contributed by atoms with van der Waals surface area (Å²) < 4.78 is 17.1. The van der Waals surface area contributed by atoms with Gasteiger partial charge in [0.1, 0.15) is 24.9 Å². The molecule has 2 unspecified atom stereocenters. The Balaban J connectivity index is 1.19. The summed E-state index contributed by atoms with van der Waals surface area (Å²) in [5.41, 5.74) is -0.607. The van der Waals surface area contributed by atoms with E-state index in [2.05, 4.69) is 13.8 Å². The van der Waals surface area contributed by atoms with Crippen molar-refractivity contribution in [3.8, 4) is 0 Å². The zero-order chi connectivity index (χ0) is 27.2. The highest BCUT2D eigenvalue weighted by Gasteiger charge is 2.70. The summed E-state index contributed by atoms with van der Waals surface area (Å²) in [4.78, 5) is 11.8. The van der Waals surface area contributed by atoms with Crippen molar-refractivity contribution in [1.82, 2.24) is 0 Å². The molecule has 2 heterocycles. The maximum Gasteiger partial charge on any atom is 0.331 e. The molecule has 5 fully saturated rings. The number of esters is 1. The molecule has 6 rings (SSSR count). The Hall–Kier alpha value is -1.07. The molecule has 0 bridgehead atoms. The molecule has 214 valence electrons. The van der Waals surface area contributed by atoms with Crippen LogP contribution in [0.4, 0.5) is 0 Å². The van der Waals surface area contributed by atoms with E-state index < -0.39 is 47.8 Å². The number of rotatable bonds is 3. The topological polar surface area (TPSA) is 146 Å². The number of carbonyl (C=O) groups excluding carboxylic acids is 1. The molecule has 1 saturated heterocycles. The van der Waals surface area contributed by atoms with Crippen LogP contribution in [-0.4, -0.2) is 86.6 Å². The summed E-state index contributed by atoms with van der Waals surface area (Å²) in [6.07, 6.45) is 1.49. The van der Waals surface area contributed by atoms with Crippen molar-refractivity contribution < 1.29 is 44.5 Å². The van der Waals surface area contributed by atoms with Crippen molar-refractivity contribution in [2.45, 2.75) is 121 Å². The number of fused-ring (bicyclic) bond motifs is 5. The highest BCUT2D eigenvalue weighted by atomic mass is 16.7. The Morgan fingerprint density at radius 1 is 1.00 bits per heavy atom. The average Bonchev–Trinajstić information content (AvgIpc) is 3.41. The van der Waals surface area contributed by atoms with E-state index in [4.69, 9.17) is 14.2 Å². The van der Waals surface area contributed by atoms with Crippen LogP contribution in [0.1, 0.15) is 72.1 Å². The van der Waals surface area contributed by atoms with Gasteiger partial charge in [-0.05, 0) is 93.0 Å². The number of hydrogen-bond donors (Lipinski definition) is 5. The third kappa shape index (κ3) is 3.80. The van der Waals surface area contributed by atoms with Crippen LogP contribution < -0.4 is 0 Å². The number of ether oxygens (including phenoxy) is 3. The number of hydrogen-bond acceptors (Lipinski definition) is 9. The lowest BCUT2D eigenvalue weighted by atomic mass is 9.42. The van der Waals surface area contributed by atoms with Gasteiger partial charge in [0.2, 0.25) is 0 Å². The van der Waals surface area contributed by atoms with Crippen molar-refractivity contribution in [2.24, 2.45) is 34.5 Å². The molecule has 9 heteroatoms. The molecule has 0 aromatic heterocycles. The quantitative estimate of drug-likeness (QED) is 0.267. The highest BCUT2D eigenvalue weighted by Crippen LogP contribution is 2.70. The number of carbonyl (C=O) groups is 1. The third-order valence-electron chi connectivity index (χ3n) is 12.0. The summed E-state index contributed by atoms with van der Waals surface area (Å²) in [6.45, 7) is 6.32. The lowest BCUT2D eigenvalue weighted by Crippen LogP contribution is -2.66. The van der Waals surface area contributed by atoms with Gasteiger partial charge >= 0.3 is 5.97 Å². The molecule has 6 aliphatic rings. The molecule has 4 saturated carbocycles. The molecule has 14 atom stereocenters. The summed E-state index contributed by atoms with van der Waals surface area (Å²) >= 11 is 0. The smallest absolute Gasteiger partial charge is 0.331 e. The normalized spacial score (nSPS) is 56.5. The highest BCUT2D eigenvalue weighted by molar-refractivity contribution is 5.85. The van der Waals surface area contributed by atoms with Gasteiger partial charge in [-0.15, -0.1) is 0 Å². The van der Waals surface area contributed by atoms with Crippen LogP contribution in [0.3, 0.4) is 0 Å². The van der Waals surface area contributed by atoms with Crippen LogP contribution in [0, 0.1) is 34.5 Å². The summed E-state index contributed by atoms with van der Waals surface area (Å²) in [5, 5.41) is 54.7. The van der Waals surface area contributed by atoms with E-state index in [0.29, 0.717) is 18.8 Å². The second-order valence-corrected chi connectivity index (χ2v) is 13.7. The van der Waals surface area contributed by atoms with Crippen LogP contribution in [0.2, 0.25) is 0 Å². The second-order valence-electron chi connectivity index (χ2n) is 13.7. The van der Waals surface area contributed by atoms with Gasteiger partial charge in [0.15, 0.2) is 6.29 Å². The fourth-order valence-electron chi connectivity index (χ4n) is 9.91. The first-order chi connectivity index (χ1) is 17.9. The Morgan fingerprint density at radius 3 is 2.47 bits per heavy atom. The molecule has 0 aromatic rings. The molecular weight excluding hydrogens is 492 g/mol. The van der Waals surface area contributed by atoms with Gasteiger partial charge in [0.25, 0.3) is 0 Å². The molecule has 2 aliphatic heterocycles. The van der Waals surface area contributed by atoms with Gasteiger partial charge in [-0.25, -0.2) is 4.79 Å². The summed E-state index contributed by atoms with van der Waals surface area (Å²) in [7, 11) is 0. The van der Waals surface area contributed by atoms with Crippen LogP contribution >= 0.6 is 0 Å². The fourth-order valence-corrected chi connectivity index (χ4v) is 9.91. The van der Waals surface area contributed by atoms with E-state index in [1.165, 1.54) is 0 Å². The summed E-state index contributed by atoms with van der Waals surface area (Å²) in [5.74, 6) is -0.0314. The Morgan fingerprint density at radius 2 is 1.76 bits per heavy atom. The maximum atomic E-state index is 12.4. The SMILES string of the molecule is C[C@@H]1O[C@@H](O[C@H]2CC[C@]3(C)C4C(CC[C@@H]3C2)[C@@]2(O)CC[C@H](C3=CC(=O)OC3)[C@@]2(C)C[C@H]4O)[C@H](O)[C@H](O)[C@H]1O. The molecule has 4 aliphatic carbocycles. The minimum atomic E-state index is -1.32. The number of cyclic esters (lactones) is 1. The van der Waals surface area contributed by atoms with Gasteiger partial charge in [-0.2, -0.15) is 0 Å². The lowest BCUT2D eigenvalue weighted by molar-refractivity contribution is -0.311. The fraction of sp³-hybridized carbons (Fsp3) is 0.897. The van der Waals surface area contributed by atoms with Crippen LogP contribution in [0.25, 0.3) is 0 Å². The Labute approximate surface area is 224 Å². The van der Waals surface area contributed by atoms with Crippen molar-refractivity contribution in [3.05, 3.63) is 11.6 Å². The molecule has 0 radical (unpaired) electrons. The minimum absolute atomic E-state index is 0.0143. The molecule has 9 nitrogen and oxygen atoms in total. The van der Waals surface area contributed by atoms with Gasteiger partial charge < -0.3 is 39.7 Å². The monoisotopic (exact) mass is 536 g/mol. The Bertz CT molecular complexity index is 985. The maximum absolute atomic E-state index is 12.4. The van der Waals surface area contributed by atoms with Gasteiger partial charge in [-0.1, -0.05) is 13.8 Å². The first-order valence-electron chi connectivity index (χ1n) is 14.5. The third-order valence-corrected chi connectivity index (χ3v) is 12.0. The van der Waals surface area contributed by atoms with E-state index in [1.54, 1.807) is 13.0 Å². The van der Waals surface area contributed by atoms with Crippen LogP contribution in [0.15, 0.2) is 11.6 Å². The average molecular weight is 537 g/mol. The molecule has 0 aromatic carbocycles. The van der Waals surface area contributed by atoms with Crippen LogP contribution in [0.5, 0.6) is 0 Å². The standard InChI is InChI=1S/C29H44O9/c1-14-23(32)24(33)25(34)26(37-14)38-17-6-8-27(2)16(11-17)4-5-19-22(27)20(30)12-28(3)18(7-9-29(19,28)35)15-10-21(31)36-13-15/h10,14,16-20,22-26,30,32-35H,4-9,11-13H2,1-3H3/t14-,16+,17-,18+,19?,20+,22?,23-,24+,25+,26-,27-,28+,29-/m0/s1. The first-order valence-corrected chi connectivity index (χ1v) is 14.5. The van der Waals surface area contributed by atoms with Crippen molar-refractivity contribution in [1.29, 1.82) is 0 Å². The first kappa shape index (κ1) is 27.1. The second kappa shape index (κ2) is 9.23. The molecule has 0 spiro atoms. The van der Waals surface area contributed by atoms with Gasteiger partial charge in [-0.3, -0.25) is 0 Å². The van der Waals surface area contributed by atoms with E-state index in [1.807, 2.05) is 0 Å². The van der Waals surface area contributed by atoms with E-state index in [-0.39, 0.29) is 41.8 Å². The van der Waals surface area contributed by atoms with E-state index in [0.717, 1.165) is 44.1 Å². The number of aliphatic hydroxyl groups is 5. The molecule has 0 amide bonds. The van der Waals surface area contributed by atoms with E-state index >= 15 is 0 Å². The summed E-state index contributed by atoms with van der Waals surface area (Å²) in [6, 6.07) is 0. The molecule has 5 N–H and O–H groups in total. The van der Waals surface area contributed by atoms with Gasteiger partial charge in [0, 0.05) is 11.5 Å². The predicted molar refractivity (Wildman–Crippen MR) is 134 cm³/mol. The Kier molecular flexibility index (Phi) is 6.58. The number of aliphatic hydroxyl groups excluding tert-OH is 4.